The van der Waals surface area contributed by atoms with Gasteiger partial charge in [-0.05, 0) is 29.5 Å². The van der Waals surface area contributed by atoms with Gasteiger partial charge in [0.25, 0.3) is 0 Å². The van der Waals surface area contributed by atoms with Crippen LogP contribution < -0.4 is 0 Å². The van der Waals surface area contributed by atoms with E-state index in [0.717, 1.165) is 5.69 Å². The third-order valence-corrected chi connectivity index (χ3v) is 5.75. The van der Waals surface area contributed by atoms with Crippen molar-refractivity contribution in [2.24, 2.45) is 0 Å². The van der Waals surface area contributed by atoms with Gasteiger partial charge in [-0.1, -0.05) is 0 Å². The van der Waals surface area contributed by atoms with E-state index >= 15 is 0 Å². The molecule has 9 nitrogen and oxygen atoms in total. The van der Waals surface area contributed by atoms with Gasteiger partial charge >= 0.3 is 0 Å². The van der Waals surface area contributed by atoms with Crippen LogP contribution in [0.3, 0.4) is 0 Å². The van der Waals surface area contributed by atoms with Crippen molar-refractivity contribution in [1.82, 2.24) is 34.9 Å². The summed E-state index contributed by atoms with van der Waals surface area (Å²) in [5, 5.41) is 13.6. The van der Waals surface area contributed by atoms with Crippen LogP contribution in [0.25, 0.3) is 11.4 Å². The summed E-state index contributed by atoms with van der Waals surface area (Å²) >= 11 is 0. The lowest BCUT2D eigenvalue weighted by Crippen LogP contribution is -2.48. The zero-order chi connectivity index (χ0) is 15.9. The third-order valence-electron chi connectivity index (χ3n) is 3.90. The van der Waals surface area contributed by atoms with Crippen LogP contribution >= 0.6 is 0 Å². The van der Waals surface area contributed by atoms with Gasteiger partial charge < -0.3 is 4.98 Å². The smallest absolute Gasteiger partial charge is 0.243 e. The Morgan fingerprint density at radius 3 is 2.57 bits per heavy atom. The predicted molar refractivity (Wildman–Crippen MR) is 79.7 cm³/mol. The van der Waals surface area contributed by atoms with Crippen molar-refractivity contribution in [3.8, 4) is 11.4 Å². The normalized spacial score (nSPS) is 16.3. The Labute approximate surface area is 131 Å². The zero-order valence-electron chi connectivity index (χ0n) is 11.9. The lowest BCUT2D eigenvalue weighted by Gasteiger charge is -2.37. The number of aromatic nitrogens is 6. The number of sulfonamides is 1. The first-order chi connectivity index (χ1) is 11.1. The van der Waals surface area contributed by atoms with Crippen LogP contribution in [0.2, 0.25) is 0 Å². The quantitative estimate of drug-likeness (QED) is 0.713. The first-order valence-corrected chi connectivity index (χ1v) is 8.41. The van der Waals surface area contributed by atoms with Crippen LogP contribution in [0, 0.1) is 0 Å². The molecule has 0 amide bonds. The predicted octanol–water partition coefficient (Wildman–Crippen LogP) is 0.378. The third kappa shape index (κ3) is 2.41. The number of benzene rings is 1. The maximum Gasteiger partial charge on any atom is 0.243 e. The average molecular weight is 331 g/mol. The lowest BCUT2D eigenvalue weighted by molar-refractivity contribution is 0.261. The molecule has 3 aromatic rings. The van der Waals surface area contributed by atoms with Crippen molar-refractivity contribution in [2.75, 3.05) is 13.1 Å². The van der Waals surface area contributed by atoms with Gasteiger partial charge in [0.2, 0.25) is 15.8 Å². The number of hydrogen-bond donors (Lipinski definition) is 2. The van der Waals surface area contributed by atoms with Crippen molar-refractivity contribution in [2.45, 2.75) is 10.8 Å². The maximum absolute atomic E-state index is 12.6. The fourth-order valence-corrected chi connectivity index (χ4v) is 4.06. The van der Waals surface area contributed by atoms with E-state index in [-0.39, 0.29) is 10.8 Å². The molecule has 1 aliphatic heterocycles. The molecule has 3 heterocycles. The molecule has 0 aliphatic carbocycles. The fourth-order valence-electron chi connectivity index (χ4n) is 2.53. The molecule has 1 aromatic carbocycles. The molecular weight excluding hydrogens is 318 g/mol. The molecule has 4 rings (SSSR count). The maximum atomic E-state index is 12.6. The molecule has 1 saturated heterocycles. The number of H-pyrrole nitrogens is 2. The zero-order valence-corrected chi connectivity index (χ0v) is 12.7. The van der Waals surface area contributed by atoms with E-state index in [0.29, 0.717) is 24.5 Å². The second-order valence-electron chi connectivity index (χ2n) is 5.29. The van der Waals surface area contributed by atoms with Crippen LogP contribution in [0.5, 0.6) is 0 Å². The van der Waals surface area contributed by atoms with E-state index in [4.69, 9.17) is 0 Å². The van der Waals surface area contributed by atoms with Gasteiger partial charge in [-0.3, -0.25) is 0 Å². The summed E-state index contributed by atoms with van der Waals surface area (Å²) in [6.45, 7) is 0.911. The summed E-state index contributed by atoms with van der Waals surface area (Å²) in [6, 6.07) is 6.46. The van der Waals surface area contributed by atoms with Crippen LogP contribution in [0.15, 0.2) is 41.7 Å². The van der Waals surface area contributed by atoms with Crippen LogP contribution in [-0.2, 0) is 10.0 Å². The lowest BCUT2D eigenvalue weighted by atomic mass is 10.0. The number of aromatic amines is 2. The molecule has 2 N–H and O–H groups in total. The van der Waals surface area contributed by atoms with Crippen LogP contribution in [-0.4, -0.2) is 56.4 Å². The molecule has 23 heavy (non-hydrogen) atoms. The van der Waals surface area contributed by atoms with E-state index in [1.807, 2.05) is 0 Å². The molecule has 2 aromatic heterocycles. The Morgan fingerprint density at radius 1 is 1.17 bits per heavy atom. The summed E-state index contributed by atoms with van der Waals surface area (Å²) in [5.74, 6) is 0.600. The molecule has 0 spiro atoms. The van der Waals surface area contributed by atoms with Crippen molar-refractivity contribution in [3.63, 3.8) is 0 Å². The van der Waals surface area contributed by atoms with Gasteiger partial charge in [0.05, 0.1) is 11.2 Å². The molecule has 1 fully saturated rings. The Bertz CT molecular complexity index is 882. The van der Waals surface area contributed by atoms with Crippen molar-refractivity contribution < 1.29 is 8.42 Å². The SMILES string of the molecule is O=S(=O)(c1ccc(-c2nn[nH]n2)cc1)N1CC(c2cnc[nH]2)C1. The summed E-state index contributed by atoms with van der Waals surface area (Å²) in [4.78, 5) is 7.24. The minimum Gasteiger partial charge on any atom is -0.348 e. The Kier molecular flexibility index (Phi) is 3.20. The summed E-state index contributed by atoms with van der Waals surface area (Å²) in [6.07, 6.45) is 3.33. The number of rotatable bonds is 4. The Hall–Kier alpha value is -2.59. The molecule has 0 saturated carbocycles. The molecule has 0 unspecified atom stereocenters. The molecule has 1 aliphatic rings. The molecular formula is C13H13N7O2S. The van der Waals surface area contributed by atoms with E-state index < -0.39 is 10.0 Å². The van der Waals surface area contributed by atoms with Crippen molar-refractivity contribution in [3.05, 3.63) is 42.5 Å². The average Bonchev–Trinajstić information content (AvgIpc) is 3.19. The molecule has 0 bridgehead atoms. The van der Waals surface area contributed by atoms with Crippen molar-refractivity contribution in [1.29, 1.82) is 0 Å². The highest BCUT2D eigenvalue weighted by molar-refractivity contribution is 7.89. The van der Waals surface area contributed by atoms with Crippen molar-refractivity contribution >= 4 is 10.0 Å². The first-order valence-electron chi connectivity index (χ1n) is 6.97. The van der Waals surface area contributed by atoms with Gasteiger partial charge in [0, 0.05) is 36.5 Å². The van der Waals surface area contributed by atoms with Crippen LogP contribution in [0.4, 0.5) is 0 Å². The highest BCUT2D eigenvalue weighted by Crippen LogP contribution is 2.31. The molecule has 0 radical (unpaired) electrons. The monoisotopic (exact) mass is 331 g/mol. The summed E-state index contributed by atoms with van der Waals surface area (Å²) < 4.78 is 26.6. The van der Waals surface area contributed by atoms with Gasteiger partial charge in [0.15, 0.2) is 0 Å². The molecule has 118 valence electrons. The molecule has 0 atom stereocenters. The highest BCUT2D eigenvalue weighted by Gasteiger charge is 2.38. The molecule has 10 heteroatoms. The van der Waals surface area contributed by atoms with Gasteiger partial charge in [-0.25, -0.2) is 13.4 Å². The number of imidazole rings is 1. The topological polar surface area (TPSA) is 121 Å². The number of nitrogens with zero attached hydrogens (tertiary/aromatic N) is 5. The second-order valence-corrected chi connectivity index (χ2v) is 7.22. The summed E-state index contributed by atoms with van der Waals surface area (Å²) in [7, 11) is -3.48. The van der Waals surface area contributed by atoms with E-state index in [1.165, 1.54) is 4.31 Å². The van der Waals surface area contributed by atoms with Gasteiger partial charge in [-0.15, -0.1) is 10.2 Å². The second kappa shape index (κ2) is 5.25. The number of nitrogens with one attached hydrogen (secondary N) is 2. The minimum atomic E-state index is -3.48. The largest absolute Gasteiger partial charge is 0.348 e. The standard InChI is InChI=1S/C13H13N7O2S/c21-23(22,20-6-10(7-20)12-5-14-8-15-12)11-3-1-9(2-4-11)13-16-18-19-17-13/h1-5,8,10H,6-7H2,(H,14,15)(H,16,17,18,19). The Balaban J connectivity index is 1.51. The number of tetrazole rings is 1. The van der Waals surface area contributed by atoms with E-state index in [1.54, 1.807) is 36.8 Å². The first kappa shape index (κ1) is 14.0. The Morgan fingerprint density at radius 2 is 1.96 bits per heavy atom. The summed E-state index contributed by atoms with van der Waals surface area (Å²) in [5.41, 5.74) is 1.67. The van der Waals surface area contributed by atoms with Gasteiger partial charge in [-0.2, -0.15) is 9.52 Å². The number of hydrogen-bond acceptors (Lipinski definition) is 6. The van der Waals surface area contributed by atoms with Crippen LogP contribution in [0.1, 0.15) is 11.6 Å². The fraction of sp³-hybridized carbons (Fsp3) is 0.231. The minimum absolute atomic E-state index is 0.172. The van der Waals surface area contributed by atoms with E-state index in [9.17, 15) is 8.42 Å². The van der Waals surface area contributed by atoms with Gasteiger partial charge in [0.1, 0.15) is 0 Å². The van der Waals surface area contributed by atoms with E-state index in [2.05, 4.69) is 30.6 Å². The highest BCUT2D eigenvalue weighted by atomic mass is 32.2.